The van der Waals surface area contributed by atoms with Crippen molar-refractivity contribution in [1.29, 1.82) is 0 Å². The molecule has 1 aromatic rings. The molecule has 1 atom stereocenters. The fraction of sp³-hybridized carbons (Fsp3) is 0.500. The second-order valence-electron chi connectivity index (χ2n) is 4.74. The third-order valence-corrected chi connectivity index (χ3v) is 5.58. The maximum absolute atomic E-state index is 12.4. The van der Waals surface area contributed by atoms with Crippen molar-refractivity contribution >= 4 is 15.7 Å². The number of hydrogen-bond donors (Lipinski definition) is 0. The Labute approximate surface area is 102 Å². The van der Waals surface area contributed by atoms with Crippen LogP contribution in [-0.4, -0.2) is 38.9 Å². The molecule has 2 heterocycles. The van der Waals surface area contributed by atoms with E-state index in [1.54, 1.807) is 19.2 Å². The van der Waals surface area contributed by atoms with Gasteiger partial charge in [-0.05, 0) is 25.0 Å². The Morgan fingerprint density at radius 2 is 2.06 bits per heavy atom. The smallest absolute Gasteiger partial charge is 0.244 e. The number of sulfonamides is 1. The monoisotopic (exact) mass is 252 g/mol. The van der Waals surface area contributed by atoms with E-state index < -0.39 is 10.0 Å². The molecule has 4 nitrogen and oxygen atoms in total. The van der Waals surface area contributed by atoms with Crippen molar-refractivity contribution in [2.24, 2.45) is 0 Å². The van der Waals surface area contributed by atoms with Crippen LogP contribution in [-0.2, 0) is 10.0 Å². The third-order valence-electron chi connectivity index (χ3n) is 3.71. The zero-order valence-corrected chi connectivity index (χ0v) is 10.7. The lowest BCUT2D eigenvalue weighted by Crippen LogP contribution is -2.37. The molecule has 5 heteroatoms. The van der Waals surface area contributed by atoms with E-state index in [-0.39, 0.29) is 0 Å². The normalized spacial score (nSPS) is 27.4. The molecule has 92 valence electrons. The lowest BCUT2D eigenvalue weighted by Gasteiger charge is -2.25. The highest BCUT2D eigenvalue weighted by Gasteiger charge is 2.37. The first kappa shape index (κ1) is 11.0. The van der Waals surface area contributed by atoms with E-state index in [4.69, 9.17) is 0 Å². The topological polar surface area (TPSA) is 40.6 Å². The Hall–Kier alpha value is -1.07. The number of rotatable bonds is 0. The lowest BCUT2D eigenvalue weighted by molar-refractivity contribution is 0.442. The molecular formula is C12H16N2O2S. The number of likely N-dealkylation sites (N-methyl/N-ethyl adjacent to an activating group) is 1. The number of nitrogens with zero attached hydrogens (tertiary/aromatic N) is 2. The molecule has 0 aromatic heterocycles. The van der Waals surface area contributed by atoms with E-state index in [1.165, 1.54) is 4.31 Å². The van der Waals surface area contributed by atoms with Crippen molar-refractivity contribution in [2.45, 2.75) is 23.8 Å². The molecule has 0 radical (unpaired) electrons. The van der Waals surface area contributed by atoms with Crippen LogP contribution in [0.2, 0.25) is 0 Å². The molecule has 17 heavy (non-hydrogen) atoms. The van der Waals surface area contributed by atoms with Gasteiger partial charge in [0, 0.05) is 26.2 Å². The van der Waals surface area contributed by atoms with Crippen LogP contribution >= 0.6 is 0 Å². The molecule has 2 aliphatic rings. The molecule has 0 spiro atoms. The molecule has 1 aromatic carbocycles. The number of para-hydroxylation sites is 1. The average Bonchev–Trinajstić information content (AvgIpc) is 2.74. The van der Waals surface area contributed by atoms with Crippen molar-refractivity contribution in [3.8, 4) is 0 Å². The van der Waals surface area contributed by atoms with Gasteiger partial charge in [-0.2, -0.15) is 4.31 Å². The van der Waals surface area contributed by atoms with Gasteiger partial charge in [0.2, 0.25) is 10.0 Å². The zero-order valence-electron chi connectivity index (χ0n) is 9.83. The van der Waals surface area contributed by atoms with Gasteiger partial charge in [0.15, 0.2) is 0 Å². The van der Waals surface area contributed by atoms with Crippen LogP contribution < -0.4 is 4.90 Å². The third kappa shape index (κ3) is 1.57. The van der Waals surface area contributed by atoms with E-state index in [1.807, 2.05) is 12.1 Å². The molecule has 3 rings (SSSR count). The van der Waals surface area contributed by atoms with Gasteiger partial charge in [-0.1, -0.05) is 12.1 Å². The summed E-state index contributed by atoms with van der Waals surface area (Å²) in [6.07, 6.45) is 2.22. The summed E-state index contributed by atoms with van der Waals surface area (Å²) in [7, 11) is -1.63. The molecule has 1 saturated heterocycles. The number of anilines is 1. The van der Waals surface area contributed by atoms with E-state index in [9.17, 15) is 8.42 Å². The van der Waals surface area contributed by atoms with Gasteiger partial charge in [-0.15, -0.1) is 0 Å². The van der Waals surface area contributed by atoms with Crippen LogP contribution in [0.15, 0.2) is 29.2 Å². The summed E-state index contributed by atoms with van der Waals surface area (Å²) in [5.41, 5.74) is 0.874. The van der Waals surface area contributed by atoms with Crippen LogP contribution in [0.3, 0.4) is 0 Å². The minimum absolute atomic E-state index is 0.332. The van der Waals surface area contributed by atoms with Gasteiger partial charge in [-0.25, -0.2) is 8.42 Å². The average molecular weight is 252 g/mol. The highest BCUT2D eigenvalue weighted by Crippen LogP contribution is 2.35. The molecule has 1 fully saturated rings. The van der Waals surface area contributed by atoms with Gasteiger partial charge in [0.25, 0.3) is 0 Å². The van der Waals surface area contributed by atoms with Crippen LogP contribution in [0.5, 0.6) is 0 Å². The first-order valence-electron chi connectivity index (χ1n) is 5.93. The highest BCUT2D eigenvalue weighted by atomic mass is 32.2. The second-order valence-corrected chi connectivity index (χ2v) is 6.76. The van der Waals surface area contributed by atoms with E-state index >= 15 is 0 Å². The van der Waals surface area contributed by atoms with E-state index in [0.29, 0.717) is 17.5 Å². The maximum atomic E-state index is 12.4. The first-order valence-corrected chi connectivity index (χ1v) is 7.37. The van der Waals surface area contributed by atoms with Crippen LogP contribution in [0.1, 0.15) is 12.8 Å². The molecule has 0 amide bonds. The molecule has 1 unspecified atom stereocenters. The van der Waals surface area contributed by atoms with Crippen molar-refractivity contribution in [3.63, 3.8) is 0 Å². The molecule has 0 N–H and O–H groups in total. The summed E-state index contributed by atoms with van der Waals surface area (Å²) < 4.78 is 26.2. The molecule has 0 aliphatic carbocycles. The summed E-state index contributed by atoms with van der Waals surface area (Å²) in [6.45, 7) is 1.56. The molecule has 2 aliphatic heterocycles. The van der Waals surface area contributed by atoms with Gasteiger partial charge >= 0.3 is 0 Å². The van der Waals surface area contributed by atoms with Gasteiger partial charge in [0.05, 0.1) is 5.69 Å². The number of benzene rings is 1. The van der Waals surface area contributed by atoms with Gasteiger partial charge in [0.1, 0.15) is 4.90 Å². The van der Waals surface area contributed by atoms with Crippen LogP contribution in [0.25, 0.3) is 0 Å². The van der Waals surface area contributed by atoms with Gasteiger partial charge < -0.3 is 4.90 Å². The van der Waals surface area contributed by atoms with Crippen molar-refractivity contribution in [1.82, 2.24) is 4.31 Å². The van der Waals surface area contributed by atoms with Crippen molar-refractivity contribution in [2.75, 3.05) is 25.0 Å². The Bertz CT molecular complexity index is 541. The van der Waals surface area contributed by atoms with E-state index in [2.05, 4.69) is 4.90 Å². The predicted molar refractivity (Wildman–Crippen MR) is 66.6 cm³/mol. The SMILES string of the molecule is CN1CC2CCCN2c2ccccc2S1(=O)=O. The standard InChI is InChI=1S/C12H16N2O2S/c1-13-9-10-5-4-8-14(10)11-6-2-3-7-12(11)17(13,15)16/h2-3,6-7,10H,4-5,8-9H2,1H3. The molecule has 0 saturated carbocycles. The minimum Gasteiger partial charge on any atom is -0.366 e. The summed E-state index contributed by atoms with van der Waals surface area (Å²) in [4.78, 5) is 2.70. The van der Waals surface area contributed by atoms with Crippen molar-refractivity contribution in [3.05, 3.63) is 24.3 Å². The number of fused-ring (bicyclic) bond motifs is 3. The lowest BCUT2D eigenvalue weighted by atomic mass is 10.2. The summed E-state index contributed by atoms with van der Waals surface area (Å²) >= 11 is 0. The van der Waals surface area contributed by atoms with Crippen LogP contribution in [0, 0.1) is 0 Å². The second kappa shape index (κ2) is 3.71. The Kier molecular flexibility index (Phi) is 2.41. The first-order chi connectivity index (χ1) is 8.10. The summed E-state index contributed by atoms with van der Waals surface area (Å²) in [5, 5.41) is 0. The highest BCUT2D eigenvalue weighted by molar-refractivity contribution is 7.89. The van der Waals surface area contributed by atoms with Crippen LogP contribution in [0.4, 0.5) is 5.69 Å². The minimum atomic E-state index is -3.31. The summed E-state index contributed by atoms with van der Waals surface area (Å²) in [6, 6.07) is 7.67. The molecule has 0 bridgehead atoms. The quantitative estimate of drug-likeness (QED) is 0.698. The van der Waals surface area contributed by atoms with Crippen molar-refractivity contribution < 1.29 is 8.42 Å². The Morgan fingerprint density at radius 1 is 1.29 bits per heavy atom. The fourth-order valence-electron chi connectivity index (χ4n) is 2.82. The maximum Gasteiger partial charge on any atom is 0.244 e. The predicted octanol–water partition coefficient (Wildman–Crippen LogP) is 1.29. The fourth-order valence-corrected chi connectivity index (χ4v) is 4.22. The Morgan fingerprint density at radius 3 is 2.88 bits per heavy atom. The summed E-state index contributed by atoms with van der Waals surface area (Å²) in [5.74, 6) is 0. The largest absolute Gasteiger partial charge is 0.366 e. The molecular weight excluding hydrogens is 236 g/mol. The van der Waals surface area contributed by atoms with Gasteiger partial charge in [-0.3, -0.25) is 0 Å². The Balaban J connectivity index is 2.23. The zero-order chi connectivity index (χ0) is 12.0. The number of hydrogen-bond acceptors (Lipinski definition) is 3. The van der Waals surface area contributed by atoms with E-state index in [0.717, 1.165) is 25.1 Å².